The Hall–Kier alpha value is 0.230. The Bertz CT molecular complexity index is 226. The number of rotatable bonds is 4. The zero-order valence-electron chi connectivity index (χ0n) is 10.1. The zero-order valence-corrected chi connectivity index (χ0v) is 11.0. The molecule has 0 aromatic heterocycles. The van der Waals surface area contributed by atoms with Gasteiger partial charge in [0.05, 0.1) is 18.8 Å². The van der Waals surface area contributed by atoms with E-state index in [1.807, 2.05) is 6.92 Å². The van der Waals surface area contributed by atoms with Gasteiger partial charge in [0.1, 0.15) is 0 Å². The molecule has 1 aliphatic carbocycles. The molecule has 2 aliphatic rings. The van der Waals surface area contributed by atoms with Crippen molar-refractivity contribution in [1.82, 2.24) is 0 Å². The molecule has 94 valence electrons. The molecular formula is C12H22O3S. The Morgan fingerprint density at radius 3 is 2.69 bits per heavy atom. The third kappa shape index (κ3) is 2.92. The lowest BCUT2D eigenvalue weighted by atomic mass is 10.2. The Labute approximate surface area is 102 Å². The number of hydrogen-bond acceptors (Lipinski definition) is 4. The van der Waals surface area contributed by atoms with Crippen molar-refractivity contribution in [3.8, 4) is 0 Å². The van der Waals surface area contributed by atoms with E-state index in [1.54, 1.807) is 11.8 Å². The molecule has 1 aliphatic heterocycles. The average molecular weight is 246 g/mol. The molecule has 3 unspecified atom stereocenters. The molecule has 0 amide bonds. The second-order valence-corrected chi connectivity index (χ2v) is 6.36. The second kappa shape index (κ2) is 5.25. The van der Waals surface area contributed by atoms with E-state index in [0.29, 0.717) is 0 Å². The van der Waals surface area contributed by atoms with Gasteiger partial charge in [-0.3, -0.25) is 0 Å². The fourth-order valence-corrected chi connectivity index (χ4v) is 3.23. The summed E-state index contributed by atoms with van der Waals surface area (Å²) in [6.07, 6.45) is 4.52. The van der Waals surface area contributed by atoms with Gasteiger partial charge in [-0.25, -0.2) is 0 Å². The molecule has 0 bridgehead atoms. The van der Waals surface area contributed by atoms with Gasteiger partial charge in [0, 0.05) is 23.8 Å². The first-order chi connectivity index (χ1) is 7.61. The van der Waals surface area contributed by atoms with Crippen molar-refractivity contribution < 1.29 is 14.6 Å². The highest BCUT2D eigenvalue weighted by Crippen LogP contribution is 2.39. The van der Waals surface area contributed by atoms with E-state index in [-0.39, 0.29) is 23.2 Å². The molecule has 2 rings (SSSR count). The van der Waals surface area contributed by atoms with Crippen LogP contribution < -0.4 is 0 Å². The third-order valence-electron chi connectivity index (χ3n) is 3.50. The number of ether oxygens (including phenoxy) is 2. The van der Waals surface area contributed by atoms with Gasteiger partial charge in [0.15, 0.2) is 5.79 Å². The second-order valence-electron chi connectivity index (χ2n) is 4.95. The Kier molecular flexibility index (Phi) is 4.16. The van der Waals surface area contributed by atoms with E-state index >= 15 is 0 Å². The molecule has 4 heteroatoms. The lowest BCUT2D eigenvalue weighted by Crippen LogP contribution is -2.27. The first kappa shape index (κ1) is 12.7. The van der Waals surface area contributed by atoms with Gasteiger partial charge in [0.25, 0.3) is 0 Å². The van der Waals surface area contributed by atoms with Crippen molar-refractivity contribution in [2.45, 2.75) is 62.8 Å². The number of aliphatic hydroxyl groups is 1. The number of aliphatic hydroxyl groups excluding tert-OH is 1. The van der Waals surface area contributed by atoms with Crippen LogP contribution in [0.25, 0.3) is 0 Å². The maximum atomic E-state index is 9.41. The summed E-state index contributed by atoms with van der Waals surface area (Å²) in [6, 6.07) is 0. The fraction of sp³-hybridized carbons (Fsp3) is 1.00. The normalized spacial score (nSPS) is 32.1. The van der Waals surface area contributed by atoms with Crippen LogP contribution >= 0.6 is 11.8 Å². The van der Waals surface area contributed by atoms with Gasteiger partial charge in [-0.05, 0) is 19.8 Å². The predicted octanol–water partition coefficient (Wildman–Crippen LogP) is 2.17. The quantitative estimate of drug-likeness (QED) is 0.825. The van der Waals surface area contributed by atoms with Crippen LogP contribution in [0.4, 0.5) is 0 Å². The van der Waals surface area contributed by atoms with Gasteiger partial charge in [-0.1, -0.05) is 6.92 Å². The van der Waals surface area contributed by atoms with E-state index in [9.17, 15) is 5.11 Å². The summed E-state index contributed by atoms with van der Waals surface area (Å²) in [5.41, 5.74) is 0. The largest absolute Gasteiger partial charge is 0.392 e. The lowest BCUT2D eigenvalue weighted by Gasteiger charge is -2.22. The summed E-state index contributed by atoms with van der Waals surface area (Å²) < 4.78 is 11.8. The Balaban J connectivity index is 1.72. The number of thioether (sulfide) groups is 1. The van der Waals surface area contributed by atoms with Crippen LogP contribution in [0, 0.1) is 0 Å². The van der Waals surface area contributed by atoms with E-state index < -0.39 is 0 Å². The highest BCUT2D eigenvalue weighted by atomic mass is 32.2. The smallest absolute Gasteiger partial charge is 0.168 e. The summed E-state index contributed by atoms with van der Waals surface area (Å²) in [6.45, 7) is 4.61. The maximum absolute atomic E-state index is 9.41. The highest BCUT2D eigenvalue weighted by Gasteiger charge is 2.43. The van der Waals surface area contributed by atoms with Crippen molar-refractivity contribution >= 4 is 11.8 Å². The summed E-state index contributed by atoms with van der Waals surface area (Å²) in [7, 11) is 0. The van der Waals surface area contributed by atoms with Gasteiger partial charge >= 0.3 is 0 Å². The first-order valence-electron chi connectivity index (χ1n) is 6.23. The van der Waals surface area contributed by atoms with Gasteiger partial charge in [-0.15, -0.1) is 0 Å². The summed E-state index contributed by atoms with van der Waals surface area (Å²) in [5, 5.41) is 9.67. The summed E-state index contributed by atoms with van der Waals surface area (Å²) in [4.78, 5) is 0. The van der Waals surface area contributed by atoms with Crippen molar-refractivity contribution in [3.05, 3.63) is 0 Å². The molecule has 1 N–H and O–H groups in total. The van der Waals surface area contributed by atoms with Crippen LogP contribution in [-0.4, -0.2) is 40.7 Å². The van der Waals surface area contributed by atoms with Gasteiger partial charge in [-0.2, -0.15) is 11.8 Å². The molecule has 2 fully saturated rings. The molecule has 1 spiro atoms. The summed E-state index contributed by atoms with van der Waals surface area (Å²) >= 11 is 1.77. The molecule has 1 saturated heterocycles. The van der Waals surface area contributed by atoms with Crippen molar-refractivity contribution in [2.75, 3.05) is 12.4 Å². The van der Waals surface area contributed by atoms with Crippen LogP contribution in [0.2, 0.25) is 0 Å². The van der Waals surface area contributed by atoms with E-state index in [4.69, 9.17) is 9.47 Å². The molecule has 1 heterocycles. The van der Waals surface area contributed by atoms with Crippen LogP contribution in [-0.2, 0) is 9.47 Å². The average Bonchev–Trinajstić information content (AvgIpc) is 2.86. The first-order valence-corrected chi connectivity index (χ1v) is 7.28. The minimum absolute atomic E-state index is 0.212. The molecule has 0 aromatic rings. The molecule has 16 heavy (non-hydrogen) atoms. The molecule has 0 aromatic carbocycles. The van der Waals surface area contributed by atoms with Crippen molar-refractivity contribution in [2.24, 2.45) is 0 Å². The number of hydrogen-bond donors (Lipinski definition) is 1. The zero-order chi connectivity index (χ0) is 11.6. The standard InChI is InChI=1S/C12H22O3S/c1-9(13)10(2)16-8-11-7-14-12(15-11)5-3-4-6-12/h9-11,13H,3-8H2,1-2H3. The van der Waals surface area contributed by atoms with E-state index in [1.165, 1.54) is 12.8 Å². The maximum Gasteiger partial charge on any atom is 0.168 e. The van der Waals surface area contributed by atoms with Gasteiger partial charge < -0.3 is 14.6 Å². The Morgan fingerprint density at radius 2 is 2.06 bits per heavy atom. The predicted molar refractivity (Wildman–Crippen MR) is 65.6 cm³/mol. The van der Waals surface area contributed by atoms with E-state index in [0.717, 1.165) is 25.2 Å². The molecular weight excluding hydrogens is 224 g/mol. The molecule has 3 atom stereocenters. The SMILES string of the molecule is CC(O)C(C)SCC1COC2(CCCC2)O1. The third-order valence-corrected chi connectivity index (χ3v) is 4.99. The molecule has 0 radical (unpaired) electrons. The molecule has 1 saturated carbocycles. The van der Waals surface area contributed by atoms with Gasteiger partial charge in [0.2, 0.25) is 0 Å². The van der Waals surface area contributed by atoms with E-state index in [2.05, 4.69) is 6.92 Å². The van der Waals surface area contributed by atoms with Crippen LogP contribution in [0.15, 0.2) is 0 Å². The molecule has 3 nitrogen and oxygen atoms in total. The van der Waals surface area contributed by atoms with Crippen LogP contribution in [0.1, 0.15) is 39.5 Å². The lowest BCUT2D eigenvalue weighted by molar-refractivity contribution is -0.159. The van der Waals surface area contributed by atoms with Crippen LogP contribution in [0.3, 0.4) is 0 Å². The minimum atomic E-state index is -0.257. The van der Waals surface area contributed by atoms with Crippen molar-refractivity contribution in [3.63, 3.8) is 0 Å². The Morgan fingerprint density at radius 1 is 1.38 bits per heavy atom. The van der Waals surface area contributed by atoms with Crippen molar-refractivity contribution in [1.29, 1.82) is 0 Å². The van der Waals surface area contributed by atoms with Crippen LogP contribution in [0.5, 0.6) is 0 Å². The monoisotopic (exact) mass is 246 g/mol. The topological polar surface area (TPSA) is 38.7 Å². The highest BCUT2D eigenvalue weighted by molar-refractivity contribution is 7.99. The summed E-state index contributed by atoms with van der Waals surface area (Å²) in [5.74, 6) is 0.688. The minimum Gasteiger partial charge on any atom is -0.392 e. The fourth-order valence-electron chi connectivity index (χ4n) is 2.27.